The molecule has 0 bridgehead atoms. The van der Waals surface area contributed by atoms with Gasteiger partial charge in [0.15, 0.2) is 11.6 Å². The summed E-state index contributed by atoms with van der Waals surface area (Å²) in [5, 5.41) is 0.816. The highest BCUT2D eigenvalue weighted by atomic mass is 16.3. The summed E-state index contributed by atoms with van der Waals surface area (Å²) in [6, 6.07) is 10.9. The normalized spacial score (nSPS) is 11.4. The van der Waals surface area contributed by atoms with Crippen LogP contribution in [-0.4, -0.2) is 9.97 Å². The van der Waals surface area contributed by atoms with Gasteiger partial charge >= 0.3 is 0 Å². The van der Waals surface area contributed by atoms with Crippen LogP contribution in [0.3, 0.4) is 0 Å². The summed E-state index contributed by atoms with van der Waals surface area (Å²) < 4.78 is 10.8. The van der Waals surface area contributed by atoms with E-state index < -0.39 is 0 Å². The first-order chi connectivity index (χ1) is 9.33. The van der Waals surface area contributed by atoms with E-state index in [9.17, 15) is 4.79 Å². The van der Waals surface area contributed by atoms with Gasteiger partial charge in [0.25, 0.3) is 5.56 Å². The average molecular weight is 252 g/mol. The monoisotopic (exact) mass is 252 g/mol. The van der Waals surface area contributed by atoms with Crippen molar-refractivity contribution >= 4 is 22.1 Å². The number of aromatic nitrogens is 2. The van der Waals surface area contributed by atoms with Crippen LogP contribution in [0.4, 0.5) is 0 Å². The Bertz CT molecular complexity index is 932. The molecule has 0 amide bonds. The van der Waals surface area contributed by atoms with E-state index in [1.165, 1.54) is 6.26 Å². The van der Waals surface area contributed by atoms with Gasteiger partial charge in [-0.25, -0.2) is 4.98 Å². The molecule has 4 rings (SSSR count). The number of hydrogen-bond acceptors (Lipinski definition) is 4. The van der Waals surface area contributed by atoms with Crippen molar-refractivity contribution < 1.29 is 8.83 Å². The first-order valence-corrected chi connectivity index (χ1v) is 5.78. The molecule has 92 valence electrons. The number of furan rings is 2. The van der Waals surface area contributed by atoms with Crippen molar-refractivity contribution in [2.45, 2.75) is 0 Å². The van der Waals surface area contributed by atoms with Crippen LogP contribution in [0.2, 0.25) is 0 Å². The molecule has 0 saturated carbocycles. The number of H-pyrrole nitrogens is 1. The van der Waals surface area contributed by atoms with Crippen molar-refractivity contribution in [3.8, 4) is 11.6 Å². The lowest BCUT2D eigenvalue weighted by Crippen LogP contribution is -2.07. The maximum absolute atomic E-state index is 12.0. The van der Waals surface area contributed by atoms with Gasteiger partial charge in [-0.15, -0.1) is 0 Å². The van der Waals surface area contributed by atoms with Gasteiger partial charge in [-0.3, -0.25) is 4.79 Å². The average Bonchev–Trinajstić information content (AvgIpc) is 3.06. The van der Waals surface area contributed by atoms with Crippen molar-refractivity contribution in [2.75, 3.05) is 0 Å². The molecule has 0 aliphatic carbocycles. The summed E-state index contributed by atoms with van der Waals surface area (Å²) >= 11 is 0. The standard InChI is InChI=1S/C14H8N2O3/c17-14-12-11(8-4-1-2-5-9(8)19-12)15-13(16-14)10-6-3-7-18-10/h1-7H,(H,15,16,17). The molecular formula is C14H8N2O3. The van der Waals surface area contributed by atoms with E-state index in [-0.39, 0.29) is 11.1 Å². The second-order valence-corrected chi connectivity index (χ2v) is 4.17. The molecule has 3 heterocycles. The molecule has 0 aliphatic heterocycles. The van der Waals surface area contributed by atoms with Gasteiger partial charge in [0.1, 0.15) is 11.1 Å². The van der Waals surface area contributed by atoms with Crippen molar-refractivity contribution in [3.05, 3.63) is 53.0 Å². The number of fused-ring (bicyclic) bond motifs is 3. The Hall–Kier alpha value is -2.82. The molecule has 1 N–H and O–H groups in total. The molecule has 0 unspecified atom stereocenters. The second-order valence-electron chi connectivity index (χ2n) is 4.17. The minimum Gasteiger partial charge on any atom is -0.461 e. The van der Waals surface area contributed by atoms with Crippen LogP contribution in [0.5, 0.6) is 0 Å². The minimum atomic E-state index is -0.312. The molecule has 19 heavy (non-hydrogen) atoms. The van der Waals surface area contributed by atoms with Crippen LogP contribution >= 0.6 is 0 Å². The van der Waals surface area contributed by atoms with E-state index in [1.807, 2.05) is 24.3 Å². The highest BCUT2D eigenvalue weighted by Gasteiger charge is 2.14. The van der Waals surface area contributed by atoms with Crippen molar-refractivity contribution in [3.63, 3.8) is 0 Å². The molecule has 1 aromatic carbocycles. The molecule has 3 aromatic heterocycles. The molecule has 5 nitrogen and oxygen atoms in total. The second kappa shape index (κ2) is 3.58. The Morgan fingerprint density at radius 1 is 1.11 bits per heavy atom. The molecule has 0 fully saturated rings. The number of nitrogens with zero attached hydrogens (tertiary/aromatic N) is 1. The predicted molar refractivity (Wildman–Crippen MR) is 69.8 cm³/mol. The van der Waals surface area contributed by atoms with Gasteiger partial charge in [-0.1, -0.05) is 12.1 Å². The number of benzene rings is 1. The van der Waals surface area contributed by atoms with Crippen LogP contribution in [-0.2, 0) is 0 Å². The maximum atomic E-state index is 12.0. The van der Waals surface area contributed by atoms with E-state index in [1.54, 1.807) is 12.1 Å². The topological polar surface area (TPSA) is 72.0 Å². The lowest BCUT2D eigenvalue weighted by atomic mass is 10.2. The van der Waals surface area contributed by atoms with Gasteiger partial charge in [-0.2, -0.15) is 0 Å². The first-order valence-electron chi connectivity index (χ1n) is 5.78. The lowest BCUT2D eigenvalue weighted by Gasteiger charge is -1.95. The van der Waals surface area contributed by atoms with Crippen LogP contribution in [0.15, 0.2) is 56.3 Å². The SMILES string of the molecule is O=c1[nH]c(-c2ccco2)nc2c1oc1ccccc12. The summed E-state index contributed by atoms with van der Waals surface area (Å²) in [6.45, 7) is 0. The van der Waals surface area contributed by atoms with Crippen LogP contribution < -0.4 is 5.56 Å². The van der Waals surface area contributed by atoms with E-state index in [2.05, 4.69) is 9.97 Å². The van der Waals surface area contributed by atoms with Crippen molar-refractivity contribution in [1.82, 2.24) is 9.97 Å². The zero-order valence-electron chi connectivity index (χ0n) is 9.71. The van der Waals surface area contributed by atoms with E-state index >= 15 is 0 Å². The Labute approximate surface area is 106 Å². The number of nitrogens with one attached hydrogen (secondary N) is 1. The quantitative estimate of drug-likeness (QED) is 0.565. The first kappa shape index (κ1) is 10.1. The van der Waals surface area contributed by atoms with E-state index in [4.69, 9.17) is 8.83 Å². The fourth-order valence-corrected chi connectivity index (χ4v) is 2.13. The molecule has 5 heteroatoms. The van der Waals surface area contributed by atoms with Crippen LogP contribution in [0.25, 0.3) is 33.7 Å². The third-order valence-electron chi connectivity index (χ3n) is 2.99. The predicted octanol–water partition coefficient (Wildman–Crippen LogP) is 2.93. The van der Waals surface area contributed by atoms with Gasteiger partial charge in [-0.05, 0) is 24.3 Å². The van der Waals surface area contributed by atoms with Crippen LogP contribution in [0, 0.1) is 0 Å². The van der Waals surface area contributed by atoms with Gasteiger partial charge < -0.3 is 13.8 Å². The summed E-state index contributed by atoms with van der Waals surface area (Å²) in [4.78, 5) is 19.1. The summed E-state index contributed by atoms with van der Waals surface area (Å²) in [7, 11) is 0. The van der Waals surface area contributed by atoms with Crippen LogP contribution in [0.1, 0.15) is 0 Å². The Kier molecular flexibility index (Phi) is 1.91. The van der Waals surface area contributed by atoms with E-state index in [0.29, 0.717) is 22.7 Å². The molecule has 4 aromatic rings. The zero-order chi connectivity index (χ0) is 12.8. The molecule has 0 spiro atoms. The summed E-state index contributed by atoms with van der Waals surface area (Å²) in [5.41, 5.74) is 1.11. The van der Waals surface area contributed by atoms with Gasteiger partial charge in [0.05, 0.1) is 6.26 Å². The lowest BCUT2D eigenvalue weighted by molar-refractivity contribution is 0.577. The summed E-state index contributed by atoms with van der Waals surface area (Å²) in [5.74, 6) is 0.915. The van der Waals surface area contributed by atoms with Gasteiger partial charge in [0, 0.05) is 5.39 Å². The molecule has 0 radical (unpaired) electrons. The third kappa shape index (κ3) is 1.41. The molecular weight excluding hydrogens is 244 g/mol. The third-order valence-corrected chi connectivity index (χ3v) is 2.99. The fraction of sp³-hybridized carbons (Fsp3) is 0. The zero-order valence-corrected chi connectivity index (χ0v) is 9.71. The minimum absolute atomic E-state index is 0.233. The highest BCUT2D eigenvalue weighted by molar-refractivity contribution is 6.02. The number of aromatic amines is 1. The molecule has 0 aliphatic rings. The Morgan fingerprint density at radius 2 is 2.00 bits per heavy atom. The highest BCUT2D eigenvalue weighted by Crippen LogP contribution is 2.26. The molecule has 0 atom stereocenters. The van der Waals surface area contributed by atoms with Crippen molar-refractivity contribution in [1.29, 1.82) is 0 Å². The molecule has 0 saturated heterocycles. The Morgan fingerprint density at radius 3 is 2.84 bits per heavy atom. The van der Waals surface area contributed by atoms with Crippen molar-refractivity contribution in [2.24, 2.45) is 0 Å². The summed E-state index contributed by atoms with van der Waals surface area (Å²) in [6.07, 6.45) is 1.53. The smallest absolute Gasteiger partial charge is 0.294 e. The van der Waals surface area contributed by atoms with E-state index in [0.717, 1.165) is 5.39 Å². The largest absolute Gasteiger partial charge is 0.461 e. The number of para-hydroxylation sites is 1. The Balaban J connectivity index is 2.15. The number of hydrogen-bond donors (Lipinski definition) is 1. The fourth-order valence-electron chi connectivity index (χ4n) is 2.13. The van der Waals surface area contributed by atoms with Gasteiger partial charge in [0.2, 0.25) is 5.58 Å². The maximum Gasteiger partial charge on any atom is 0.294 e. The number of rotatable bonds is 1.